The number of aliphatic carboxylic acids is 3. The summed E-state index contributed by atoms with van der Waals surface area (Å²) < 4.78 is 15.3. The molecule has 0 saturated heterocycles. The standard InChI is InChI=1S/C32H34FN5O9/c1-5-11-37(16-19-13-22-25(12-17(19)3)34-18(4)35-30(22)43)20-7-8-21(23(33)14-20)29(42)36-24(31(44)45)9-10-27(39)38(6-2)26(32(46)47)15-28(40)41/h1,7-8,12-14,24,26H,6,9-11,15-16H2,2-4H3,(H,36,42)(H,40,41)(H,44,45)(H,46,47)(H,34,35,43)/t24-,26-/m0/s1. The maximum atomic E-state index is 15.3. The minimum absolute atomic E-state index is 0.0457. The van der Waals surface area contributed by atoms with Crippen LogP contribution in [0.4, 0.5) is 10.1 Å². The SMILES string of the molecule is C#CCN(Cc1cc2c(=O)[nH]c(C)nc2cc1C)c1ccc(C(=O)N[C@@H](CCC(=O)N(CC)[C@@H](CC(=O)O)C(=O)O)C(=O)O)c(F)c1. The van der Waals surface area contributed by atoms with Crippen LogP contribution in [0.15, 0.2) is 35.1 Å². The summed E-state index contributed by atoms with van der Waals surface area (Å²) in [5, 5.41) is 30.5. The third-order valence-electron chi connectivity index (χ3n) is 7.43. The van der Waals surface area contributed by atoms with E-state index in [-0.39, 0.29) is 25.2 Å². The molecule has 2 amide bonds. The van der Waals surface area contributed by atoms with Crippen LogP contribution in [-0.4, -0.2) is 85.1 Å². The molecule has 3 aromatic rings. The first-order valence-corrected chi connectivity index (χ1v) is 14.4. The summed E-state index contributed by atoms with van der Waals surface area (Å²) in [5.74, 6) is -4.43. The van der Waals surface area contributed by atoms with Gasteiger partial charge in [0.1, 0.15) is 23.7 Å². The van der Waals surface area contributed by atoms with E-state index in [1.54, 1.807) is 24.0 Å². The van der Waals surface area contributed by atoms with Gasteiger partial charge in [0.25, 0.3) is 11.5 Å². The van der Waals surface area contributed by atoms with Crippen LogP contribution in [0, 0.1) is 32.0 Å². The number of anilines is 1. The van der Waals surface area contributed by atoms with Crippen LogP contribution in [0.5, 0.6) is 0 Å². The number of nitrogens with one attached hydrogen (secondary N) is 2. The highest BCUT2D eigenvalue weighted by molar-refractivity contribution is 5.97. The highest BCUT2D eigenvalue weighted by atomic mass is 19.1. The molecule has 0 saturated carbocycles. The van der Waals surface area contributed by atoms with Crippen LogP contribution in [0.25, 0.3) is 10.9 Å². The molecule has 0 aliphatic rings. The smallest absolute Gasteiger partial charge is 0.327 e. The largest absolute Gasteiger partial charge is 0.481 e. The van der Waals surface area contributed by atoms with Gasteiger partial charge in [-0.3, -0.25) is 19.2 Å². The Hall–Kier alpha value is -5.78. The maximum Gasteiger partial charge on any atom is 0.327 e. The number of aryl methyl sites for hydroxylation is 2. The molecule has 3 rings (SSSR count). The summed E-state index contributed by atoms with van der Waals surface area (Å²) in [6, 6.07) is 3.77. The van der Waals surface area contributed by atoms with Crippen LogP contribution in [0.2, 0.25) is 0 Å². The van der Waals surface area contributed by atoms with Gasteiger partial charge in [-0.2, -0.15) is 0 Å². The fourth-order valence-electron chi connectivity index (χ4n) is 5.03. The van der Waals surface area contributed by atoms with Gasteiger partial charge >= 0.3 is 17.9 Å². The Morgan fingerprint density at radius 2 is 1.79 bits per heavy atom. The van der Waals surface area contributed by atoms with Crippen molar-refractivity contribution in [2.75, 3.05) is 18.0 Å². The number of terminal acetylenes is 1. The quantitative estimate of drug-likeness (QED) is 0.150. The Bertz CT molecular complexity index is 1820. The number of aromatic nitrogens is 2. The second kappa shape index (κ2) is 15.5. The van der Waals surface area contributed by atoms with Gasteiger partial charge in [-0.25, -0.2) is 19.0 Å². The number of aromatic amines is 1. The Morgan fingerprint density at radius 1 is 1.09 bits per heavy atom. The number of hydrogen-bond donors (Lipinski definition) is 5. The molecule has 2 aromatic carbocycles. The van der Waals surface area contributed by atoms with E-state index >= 15 is 4.39 Å². The minimum Gasteiger partial charge on any atom is -0.481 e. The summed E-state index contributed by atoms with van der Waals surface area (Å²) in [6.07, 6.45) is 3.69. The Labute approximate surface area is 268 Å². The highest BCUT2D eigenvalue weighted by Gasteiger charge is 2.32. The lowest BCUT2D eigenvalue weighted by Gasteiger charge is -2.27. The van der Waals surface area contributed by atoms with E-state index in [1.165, 1.54) is 13.0 Å². The maximum absolute atomic E-state index is 15.3. The van der Waals surface area contributed by atoms with Crippen molar-refractivity contribution in [1.82, 2.24) is 20.2 Å². The molecule has 14 nitrogen and oxygen atoms in total. The van der Waals surface area contributed by atoms with Crippen molar-refractivity contribution in [1.29, 1.82) is 0 Å². The zero-order valence-electron chi connectivity index (χ0n) is 25.9. The van der Waals surface area contributed by atoms with E-state index in [9.17, 15) is 39.0 Å². The van der Waals surface area contributed by atoms with Crippen LogP contribution in [0.1, 0.15) is 53.5 Å². The van der Waals surface area contributed by atoms with Crippen molar-refractivity contribution in [2.45, 2.75) is 58.7 Å². The predicted octanol–water partition coefficient (Wildman–Crippen LogP) is 2.06. The summed E-state index contributed by atoms with van der Waals surface area (Å²) >= 11 is 0. The van der Waals surface area contributed by atoms with Crippen molar-refractivity contribution >= 4 is 46.3 Å². The lowest BCUT2D eigenvalue weighted by Crippen LogP contribution is -2.47. The second-order valence-electron chi connectivity index (χ2n) is 10.7. The number of benzene rings is 2. The number of fused-ring (bicyclic) bond motifs is 1. The van der Waals surface area contributed by atoms with Crippen molar-refractivity contribution in [3.8, 4) is 12.3 Å². The van der Waals surface area contributed by atoms with Crippen molar-refractivity contribution in [3.05, 3.63) is 69.0 Å². The predicted molar refractivity (Wildman–Crippen MR) is 167 cm³/mol. The van der Waals surface area contributed by atoms with Crippen molar-refractivity contribution in [2.24, 2.45) is 0 Å². The number of amides is 2. The van der Waals surface area contributed by atoms with Gasteiger partial charge in [0.15, 0.2) is 0 Å². The van der Waals surface area contributed by atoms with Gasteiger partial charge in [0.2, 0.25) is 5.91 Å². The highest BCUT2D eigenvalue weighted by Crippen LogP contribution is 2.24. The monoisotopic (exact) mass is 651 g/mol. The number of carboxylic acid groups (broad SMARTS) is 3. The molecule has 1 heterocycles. The normalized spacial score (nSPS) is 12.1. The lowest BCUT2D eigenvalue weighted by molar-refractivity contribution is -0.154. The van der Waals surface area contributed by atoms with E-state index in [4.69, 9.17) is 11.5 Å². The first-order chi connectivity index (χ1) is 22.2. The zero-order valence-corrected chi connectivity index (χ0v) is 25.9. The van der Waals surface area contributed by atoms with Gasteiger partial charge in [0, 0.05) is 25.2 Å². The molecule has 0 radical (unpaired) electrons. The summed E-state index contributed by atoms with van der Waals surface area (Å²) in [7, 11) is 0. The second-order valence-corrected chi connectivity index (χ2v) is 10.7. The van der Waals surface area contributed by atoms with E-state index in [0.29, 0.717) is 22.4 Å². The van der Waals surface area contributed by atoms with Gasteiger partial charge in [-0.1, -0.05) is 5.92 Å². The number of carbonyl (C=O) groups excluding carboxylic acids is 2. The van der Waals surface area contributed by atoms with Crippen molar-refractivity contribution in [3.63, 3.8) is 0 Å². The summed E-state index contributed by atoms with van der Waals surface area (Å²) in [5.41, 5.74) is 1.57. The average Bonchev–Trinajstić information content (AvgIpc) is 2.98. The molecule has 5 N–H and O–H groups in total. The molecule has 47 heavy (non-hydrogen) atoms. The van der Waals surface area contributed by atoms with E-state index < -0.39 is 72.4 Å². The Balaban J connectivity index is 1.77. The van der Waals surface area contributed by atoms with Gasteiger partial charge < -0.3 is 35.4 Å². The van der Waals surface area contributed by atoms with Crippen molar-refractivity contribution < 1.29 is 43.7 Å². The molecule has 2 atom stereocenters. The number of H-pyrrole nitrogens is 1. The molecule has 0 aliphatic heterocycles. The third-order valence-corrected chi connectivity index (χ3v) is 7.43. The fourth-order valence-corrected chi connectivity index (χ4v) is 5.03. The van der Waals surface area contributed by atoms with Gasteiger partial charge in [-0.05, 0) is 68.7 Å². The van der Waals surface area contributed by atoms with Crippen LogP contribution in [-0.2, 0) is 25.7 Å². The fraction of sp³-hybridized carbons (Fsp3) is 0.344. The molecule has 0 bridgehead atoms. The minimum atomic E-state index is -1.67. The molecular formula is C32H34FN5O9. The summed E-state index contributed by atoms with van der Waals surface area (Å²) in [4.78, 5) is 82.0. The third kappa shape index (κ3) is 8.91. The molecule has 0 aliphatic carbocycles. The molecule has 1 aromatic heterocycles. The first-order valence-electron chi connectivity index (χ1n) is 14.4. The van der Waals surface area contributed by atoms with Gasteiger partial charge in [-0.15, -0.1) is 6.42 Å². The number of halogens is 1. The molecule has 0 unspecified atom stereocenters. The number of hydrogen-bond acceptors (Lipinski definition) is 8. The van der Waals surface area contributed by atoms with Crippen LogP contribution < -0.4 is 15.8 Å². The number of nitrogens with zero attached hydrogens (tertiary/aromatic N) is 3. The van der Waals surface area contributed by atoms with E-state index in [1.807, 2.05) is 6.92 Å². The number of rotatable bonds is 15. The topological polar surface area (TPSA) is 210 Å². The zero-order chi connectivity index (χ0) is 35.0. The molecule has 248 valence electrons. The number of carboxylic acids is 3. The van der Waals surface area contributed by atoms with Crippen LogP contribution in [0.3, 0.4) is 0 Å². The Morgan fingerprint density at radius 3 is 2.36 bits per heavy atom. The summed E-state index contributed by atoms with van der Waals surface area (Å²) in [6.45, 7) is 5.02. The molecule has 15 heteroatoms. The number of carbonyl (C=O) groups is 5. The Kier molecular flexibility index (Phi) is 11.8. The number of likely N-dealkylation sites (N-methyl/N-ethyl adjacent to an activating group) is 1. The van der Waals surface area contributed by atoms with Gasteiger partial charge in [0.05, 0.1) is 29.4 Å². The van der Waals surface area contributed by atoms with Crippen LogP contribution >= 0.6 is 0 Å². The lowest BCUT2D eigenvalue weighted by atomic mass is 10.0. The van der Waals surface area contributed by atoms with E-state index in [2.05, 4.69) is 21.2 Å². The molecular weight excluding hydrogens is 617 g/mol. The first kappa shape index (κ1) is 35.7. The molecule has 0 fully saturated rings. The molecule has 0 spiro atoms. The van der Waals surface area contributed by atoms with E-state index in [0.717, 1.165) is 28.2 Å². The average molecular weight is 652 g/mol.